The topological polar surface area (TPSA) is 67.4 Å². The highest BCUT2D eigenvalue weighted by molar-refractivity contribution is 5.89. The third kappa shape index (κ3) is 3.88. The molecule has 3 aromatic rings. The van der Waals surface area contributed by atoms with Crippen molar-refractivity contribution in [3.05, 3.63) is 59.8 Å². The van der Waals surface area contributed by atoms with Gasteiger partial charge in [-0.2, -0.15) is 4.98 Å². The molecule has 1 aromatic heterocycles. The number of benzene rings is 2. The first-order valence-electron chi connectivity index (χ1n) is 9.98. The smallest absolute Gasteiger partial charge is 0.415 e. The summed E-state index contributed by atoms with van der Waals surface area (Å²) >= 11 is 0. The fourth-order valence-electron chi connectivity index (χ4n) is 3.67. The van der Waals surface area contributed by atoms with Crippen LogP contribution in [0.25, 0.3) is 10.8 Å². The molecule has 6 nitrogen and oxygen atoms in total. The molecule has 1 saturated heterocycles. The molecule has 0 radical (unpaired) electrons. The minimum absolute atomic E-state index is 0.0161. The van der Waals surface area contributed by atoms with Crippen molar-refractivity contribution in [3.63, 3.8) is 0 Å². The SMILES string of the molecule is Cc1ccc2cc([C@H](C)Nc3nccc(N4C(=O)OC[C@@H]4C(C)C)n3)ccc2c1. The van der Waals surface area contributed by atoms with E-state index in [2.05, 4.69) is 79.4 Å². The molecule has 4 rings (SSSR count). The van der Waals surface area contributed by atoms with Crippen LogP contribution in [0, 0.1) is 12.8 Å². The third-order valence-corrected chi connectivity index (χ3v) is 5.43. The van der Waals surface area contributed by atoms with E-state index in [1.54, 1.807) is 17.2 Å². The van der Waals surface area contributed by atoms with Gasteiger partial charge < -0.3 is 10.1 Å². The number of cyclic esters (lactones) is 1. The van der Waals surface area contributed by atoms with E-state index in [1.807, 2.05) is 0 Å². The number of anilines is 2. The lowest BCUT2D eigenvalue weighted by molar-refractivity contribution is 0.177. The number of aryl methyl sites for hydroxylation is 1. The minimum atomic E-state index is -0.355. The number of nitrogens with zero attached hydrogens (tertiary/aromatic N) is 3. The third-order valence-electron chi connectivity index (χ3n) is 5.43. The van der Waals surface area contributed by atoms with Gasteiger partial charge in [0.15, 0.2) is 0 Å². The molecule has 1 N–H and O–H groups in total. The van der Waals surface area contributed by atoms with Crippen LogP contribution >= 0.6 is 0 Å². The quantitative estimate of drug-likeness (QED) is 0.657. The second-order valence-corrected chi connectivity index (χ2v) is 7.97. The van der Waals surface area contributed by atoms with Crippen LogP contribution in [0.5, 0.6) is 0 Å². The summed E-state index contributed by atoms with van der Waals surface area (Å²) in [6.07, 6.45) is 1.31. The maximum atomic E-state index is 12.2. The van der Waals surface area contributed by atoms with E-state index in [9.17, 15) is 4.79 Å². The van der Waals surface area contributed by atoms with Crippen LogP contribution in [0.4, 0.5) is 16.6 Å². The van der Waals surface area contributed by atoms with Crippen LogP contribution < -0.4 is 10.2 Å². The zero-order valence-corrected chi connectivity index (χ0v) is 17.2. The molecular weight excluding hydrogens is 364 g/mol. The first kappa shape index (κ1) is 19.2. The molecule has 6 heteroatoms. The van der Waals surface area contributed by atoms with E-state index >= 15 is 0 Å². The monoisotopic (exact) mass is 390 g/mol. The zero-order chi connectivity index (χ0) is 20.5. The predicted molar refractivity (Wildman–Crippen MR) is 115 cm³/mol. The molecular formula is C23H26N4O2. The van der Waals surface area contributed by atoms with Gasteiger partial charge in [0.05, 0.1) is 12.1 Å². The maximum absolute atomic E-state index is 12.2. The van der Waals surface area contributed by atoms with Gasteiger partial charge >= 0.3 is 6.09 Å². The first-order valence-corrected chi connectivity index (χ1v) is 9.98. The number of ether oxygens (including phenoxy) is 1. The molecule has 2 atom stereocenters. The predicted octanol–water partition coefficient (Wildman–Crippen LogP) is 5.09. The summed E-state index contributed by atoms with van der Waals surface area (Å²) in [7, 11) is 0. The number of amides is 1. The summed E-state index contributed by atoms with van der Waals surface area (Å²) in [5.41, 5.74) is 2.40. The van der Waals surface area contributed by atoms with Gasteiger partial charge in [-0.1, -0.05) is 49.7 Å². The second kappa shape index (κ2) is 7.70. The Hall–Kier alpha value is -3.15. The van der Waals surface area contributed by atoms with E-state index in [1.165, 1.54) is 16.3 Å². The Kier molecular flexibility index (Phi) is 5.09. The Labute approximate surface area is 170 Å². The fraction of sp³-hybridized carbons (Fsp3) is 0.348. The minimum Gasteiger partial charge on any atom is -0.447 e. The molecule has 1 aliphatic heterocycles. The summed E-state index contributed by atoms with van der Waals surface area (Å²) < 4.78 is 5.24. The van der Waals surface area contributed by atoms with Crippen LogP contribution in [0.2, 0.25) is 0 Å². The lowest BCUT2D eigenvalue weighted by atomic mass is 10.0. The van der Waals surface area contributed by atoms with E-state index < -0.39 is 0 Å². The van der Waals surface area contributed by atoms with Gasteiger partial charge in [0.25, 0.3) is 0 Å². The summed E-state index contributed by atoms with van der Waals surface area (Å²) in [4.78, 5) is 22.8. The Bertz CT molecular complexity index is 1050. The summed E-state index contributed by atoms with van der Waals surface area (Å²) in [6, 6.07) is 14.6. The molecule has 150 valence electrons. The van der Waals surface area contributed by atoms with Crippen molar-refractivity contribution >= 4 is 28.6 Å². The highest BCUT2D eigenvalue weighted by atomic mass is 16.6. The van der Waals surface area contributed by atoms with Crippen molar-refractivity contribution in [3.8, 4) is 0 Å². The van der Waals surface area contributed by atoms with Crippen LogP contribution in [-0.4, -0.2) is 28.7 Å². The van der Waals surface area contributed by atoms with Crippen LogP contribution in [0.1, 0.15) is 37.9 Å². The molecule has 29 heavy (non-hydrogen) atoms. The number of aromatic nitrogens is 2. The molecule has 0 saturated carbocycles. The summed E-state index contributed by atoms with van der Waals surface area (Å²) in [5.74, 6) is 1.32. The second-order valence-electron chi connectivity index (χ2n) is 7.97. The Morgan fingerprint density at radius 1 is 1.10 bits per heavy atom. The van der Waals surface area contributed by atoms with Crippen molar-refractivity contribution in [2.75, 3.05) is 16.8 Å². The molecule has 1 fully saturated rings. The normalized spacial score (nSPS) is 17.6. The van der Waals surface area contributed by atoms with Crippen molar-refractivity contribution in [2.24, 2.45) is 5.92 Å². The standard InChI is InChI=1S/C23H26N4O2/c1-14(2)20-13-29-23(28)27(20)21-9-10-24-22(26-21)25-16(4)17-7-8-18-11-15(3)5-6-19(18)12-17/h5-12,14,16,20H,13H2,1-4H3,(H,24,25,26)/t16-,20+/m0/s1. The highest BCUT2D eigenvalue weighted by Gasteiger charge is 2.37. The van der Waals surface area contributed by atoms with E-state index in [-0.39, 0.29) is 24.1 Å². The number of carbonyl (C=O) groups is 1. The summed E-state index contributed by atoms with van der Waals surface area (Å²) in [6.45, 7) is 8.71. The van der Waals surface area contributed by atoms with Gasteiger partial charge in [-0.3, -0.25) is 4.90 Å². The number of nitrogens with one attached hydrogen (secondary N) is 1. The highest BCUT2D eigenvalue weighted by Crippen LogP contribution is 2.27. The lowest BCUT2D eigenvalue weighted by Gasteiger charge is -2.23. The number of carbonyl (C=O) groups excluding carboxylic acids is 1. The van der Waals surface area contributed by atoms with Crippen molar-refractivity contribution in [1.82, 2.24) is 9.97 Å². The van der Waals surface area contributed by atoms with Gasteiger partial charge in [0.2, 0.25) is 5.95 Å². The molecule has 2 heterocycles. The van der Waals surface area contributed by atoms with Gasteiger partial charge in [0, 0.05) is 6.20 Å². The maximum Gasteiger partial charge on any atom is 0.415 e. The Balaban J connectivity index is 1.56. The van der Waals surface area contributed by atoms with Crippen molar-refractivity contribution in [1.29, 1.82) is 0 Å². The molecule has 0 bridgehead atoms. The fourth-order valence-corrected chi connectivity index (χ4v) is 3.67. The lowest BCUT2D eigenvalue weighted by Crippen LogP contribution is -2.37. The van der Waals surface area contributed by atoms with E-state index in [0.717, 1.165) is 5.56 Å². The van der Waals surface area contributed by atoms with Crippen molar-refractivity contribution < 1.29 is 9.53 Å². The van der Waals surface area contributed by atoms with Gasteiger partial charge in [-0.05, 0) is 48.2 Å². The summed E-state index contributed by atoms with van der Waals surface area (Å²) in [5, 5.41) is 5.79. The van der Waals surface area contributed by atoms with Crippen molar-refractivity contribution in [2.45, 2.75) is 39.8 Å². The Morgan fingerprint density at radius 2 is 1.86 bits per heavy atom. The number of hydrogen-bond donors (Lipinski definition) is 1. The number of fused-ring (bicyclic) bond motifs is 1. The van der Waals surface area contributed by atoms with E-state index in [4.69, 9.17) is 4.74 Å². The molecule has 0 spiro atoms. The average molecular weight is 390 g/mol. The van der Waals surface area contributed by atoms with E-state index in [0.29, 0.717) is 18.4 Å². The van der Waals surface area contributed by atoms with Gasteiger partial charge in [-0.15, -0.1) is 0 Å². The molecule has 0 unspecified atom stereocenters. The average Bonchev–Trinajstić information content (AvgIpc) is 3.09. The van der Waals surface area contributed by atoms with Crippen LogP contribution in [0.3, 0.4) is 0 Å². The Morgan fingerprint density at radius 3 is 2.66 bits per heavy atom. The van der Waals surface area contributed by atoms with Crippen LogP contribution in [-0.2, 0) is 4.74 Å². The first-order chi connectivity index (χ1) is 13.9. The van der Waals surface area contributed by atoms with Gasteiger partial charge in [-0.25, -0.2) is 9.78 Å². The molecule has 1 aliphatic rings. The van der Waals surface area contributed by atoms with Gasteiger partial charge in [0.1, 0.15) is 12.4 Å². The molecule has 1 amide bonds. The number of hydrogen-bond acceptors (Lipinski definition) is 5. The van der Waals surface area contributed by atoms with Crippen LogP contribution in [0.15, 0.2) is 48.7 Å². The molecule has 0 aliphatic carbocycles. The zero-order valence-electron chi connectivity index (χ0n) is 17.2. The molecule has 2 aromatic carbocycles. The number of rotatable bonds is 5. The largest absolute Gasteiger partial charge is 0.447 e.